The van der Waals surface area contributed by atoms with E-state index in [-0.39, 0.29) is 18.7 Å². The molecule has 1 N–H and O–H groups in total. The van der Waals surface area contributed by atoms with Gasteiger partial charge in [0.25, 0.3) is 5.91 Å². The fraction of sp³-hybridized carbons (Fsp3) is 0.391. The zero-order valence-corrected chi connectivity index (χ0v) is 17.7. The van der Waals surface area contributed by atoms with Crippen LogP contribution in [0.4, 0.5) is 5.69 Å². The van der Waals surface area contributed by atoms with E-state index < -0.39 is 11.5 Å². The van der Waals surface area contributed by atoms with Gasteiger partial charge in [-0.3, -0.25) is 9.59 Å². The molecule has 1 aliphatic heterocycles. The predicted molar refractivity (Wildman–Crippen MR) is 113 cm³/mol. The number of benzene rings is 2. The Morgan fingerprint density at radius 1 is 1.21 bits per heavy atom. The van der Waals surface area contributed by atoms with Gasteiger partial charge in [0.05, 0.1) is 18.8 Å². The number of aliphatic hydroxyl groups is 1. The number of Topliss-reactive ketones (excluding diaryl/α,β-unsaturated/α-hetero) is 1. The number of hydrogen-bond acceptors (Lipinski definition) is 4. The van der Waals surface area contributed by atoms with Crippen LogP contribution in [0.3, 0.4) is 0 Å². The second kappa shape index (κ2) is 8.56. The van der Waals surface area contributed by atoms with Gasteiger partial charge in [-0.2, -0.15) is 0 Å². The number of carbonyl (C=O) groups is 2. The highest BCUT2D eigenvalue weighted by Gasteiger charge is 2.50. The molecule has 0 spiro atoms. The summed E-state index contributed by atoms with van der Waals surface area (Å²) in [5, 5.41) is 11.5. The Morgan fingerprint density at radius 2 is 1.90 bits per heavy atom. The summed E-state index contributed by atoms with van der Waals surface area (Å²) in [6.45, 7) is 6.60. The van der Waals surface area contributed by atoms with Crippen molar-refractivity contribution in [1.29, 1.82) is 0 Å². The first kappa shape index (κ1) is 21.3. The van der Waals surface area contributed by atoms with Gasteiger partial charge in [0.15, 0.2) is 5.60 Å². The number of nitrogens with zero attached hydrogens (tertiary/aromatic N) is 1. The number of ether oxygens (including phenoxy) is 1. The maximum absolute atomic E-state index is 13.1. The quantitative estimate of drug-likeness (QED) is 0.690. The number of hydrogen-bond donors (Lipinski definition) is 1. The van der Waals surface area contributed by atoms with Gasteiger partial charge in [0.2, 0.25) is 0 Å². The Hall–Kier alpha value is -2.37. The van der Waals surface area contributed by atoms with Gasteiger partial charge < -0.3 is 14.7 Å². The van der Waals surface area contributed by atoms with Gasteiger partial charge in [-0.15, -0.1) is 0 Å². The van der Waals surface area contributed by atoms with Crippen LogP contribution < -0.4 is 9.64 Å². The Kier molecular flexibility index (Phi) is 6.30. The molecule has 0 bridgehead atoms. The van der Waals surface area contributed by atoms with Crippen LogP contribution in [-0.2, 0) is 21.7 Å². The number of amides is 1. The topological polar surface area (TPSA) is 66.8 Å². The first-order valence-corrected chi connectivity index (χ1v) is 10.1. The molecule has 3 rings (SSSR count). The predicted octanol–water partition coefficient (Wildman–Crippen LogP) is 4.48. The summed E-state index contributed by atoms with van der Waals surface area (Å²) in [5.41, 5.74) is -0.0480. The lowest BCUT2D eigenvalue weighted by Crippen LogP contribution is -2.41. The van der Waals surface area contributed by atoms with E-state index in [2.05, 4.69) is 13.8 Å². The van der Waals surface area contributed by atoms with Crippen molar-refractivity contribution in [3.8, 4) is 5.75 Å². The molecule has 6 heteroatoms. The molecule has 2 aromatic carbocycles. The van der Waals surface area contributed by atoms with Gasteiger partial charge in [-0.1, -0.05) is 37.6 Å². The summed E-state index contributed by atoms with van der Waals surface area (Å²) in [6.07, 6.45) is 0.705. The summed E-state index contributed by atoms with van der Waals surface area (Å²) >= 11 is 6.08. The van der Waals surface area contributed by atoms with E-state index in [4.69, 9.17) is 16.3 Å². The van der Waals surface area contributed by atoms with Crippen LogP contribution in [0, 0.1) is 5.92 Å². The van der Waals surface area contributed by atoms with Crippen molar-refractivity contribution >= 4 is 29.0 Å². The van der Waals surface area contributed by atoms with Gasteiger partial charge in [-0.05, 0) is 55.2 Å². The third-order valence-corrected chi connectivity index (χ3v) is 5.26. The smallest absolute Gasteiger partial charge is 0.264 e. The van der Waals surface area contributed by atoms with E-state index >= 15 is 0 Å². The van der Waals surface area contributed by atoms with Gasteiger partial charge in [0.1, 0.15) is 11.5 Å². The second-order valence-corrected chi connectivity index (χ2v) is 8.40. The minimum atomic E-state index is -1.88. The lowest BCUT2D eigenvalue weighted by atomic mass is 9.90. The number of halogens is 1. The molecule has 1 atom stereocenters. The summed E-state index contributed by atoms with van der Waals surface area (Å²) in [7, 11) is 0. The van der Waals surface area contributed by atoms with Crippen LogP contribution in [-0.4, -0.2) is 23.4 Å². The fourth-order valence-electron chi connectivity index (χ4n) is 3.50. The minimum absolute atomic E-state index is 0.267. The molecule has 1 unspecified atom stereocenters. The summed E-state index contributed by atoms with van der Waals surface area (Å²) in [5.74, 6) is 0.582. The molecule has 1 heterocycles. The van der Waals surface area contributed by atoms with E-state index in [1.54, 1.807) is 18.2 Å². The molecule has 154 valence electrons. The highest BCUT2D eigenvalue weighted by Crippen LogP contribution is 2.44. The first-order chi connectivity index (χ1) is 13.7. The maximum Gasteiger partial charge on any atom is 0.264 e. The molecule has 0 radical (unpaired) electrons. The lowest BCUT2D eigenvalue weighted by molar-refractivity contribution is -0.141. The van der Waals surface area contributed by atoms with Crippen LogP contribution in [0.1, 0.15) is 44.7 Å². The number of fused-ring (bicyclic) bond motifs is 1. The Balaban J connectivity index is 1.81. The van der Waals surface area contributed by atoms with Crippen LogP contribution in [0.15, 0.2) is 42.5 Å². The SMILES string of the molecule is CC(=O)CC1(O)C(=O)N(Cc2ccc(OCCC(C)C)cc2)c2ccc(Cl)cc21. The highest BCUT2D eigenvalue weighted by molar-refractivity contribution is 6.31. The van der Waals surface area contributed by atoms with E-state index in [1.807, 2.05) is 24.3 Å². The monoisotopic (exact) mass is 415 g/mol. The highest BCUT2D eigenvalue weighted by atomic mass is 35.5. The van der Waals surface area contributed by atoms with Crippen molar-refractivity contribution in [2.75, 3.05) is 11.5 Å². The maximum atomic E-state index is 13.1. The van der Waals surface area contributed by atoms with E-state index in [9.17, 15) is 14.7 Å². The van der Waals surface area contributed by atoms with Gasteiger partial charge in [-0.25, -0.2) is 0 Å². The third kappa shape index (κ3) is 4.62. The van der Waals surface area contributed by atoms with Crippen molar-refractivity contribution in [3.63, 3.8) is 0 Å². The molecular weight excluding hydrogens is 390 g/mol. The minimum Gasteiger partial charge on any atom is -0.494 e. The number of carbonyl (C=O) groups excluding carboxylic acids is 2. The van der Waals surface area contributed by atoms with E-state index in [0.29, 0.717) is 28.8 Å². The average Bonchev–Trinajstić information content (AvgIpc) is 2.84. The Bertz CT molecular complexity index is 910. The number of anilines is 1. The van der Waals surface area contributed by atoms with Crippen molar-refractivity contribution < 1.29 is 19.4 Å². The van der Waals surface area contributed by atoms with Crippen molar-refractivity contribution in [2.24, 2.45) is 5.92 Å². The normalized spacial score (nSPS) is 18.3. The fourth-order valence-corrected chi connectivity index (χ4v) is 3.67. The molecule has 0 saturated heterocycles. The van der Waals surface area contributed by atoms with Crippen molar-refractivity contribution in [3.05, 3.63) is 58.6 Å². The molecule has 2 aromatic rings. The molecule has 0 aromatic heterocycles. The van der Waals surface area contributed by atoms with Crippen LogP contribution in [0.2, 0.25) is 5.02 Å². The second-order valence-electron chi connectivity index (χ2n) is 7.97. The third-order valence-electron chi connectivity index (χ3n) is 5.03. The number of ketones is 1. The zero-order chi connectivity index (χ0) is 21.2. The standard InChI is InChI=1S/C23H26ClNO4/c1-15(2)10-11-29-19-7-4-17(5-8-19)14-25-21-9-6-18(24)12-20(21)23(28,22(25)27)13-16(3)26/h4-9,12,15,28H,10-11,13-14H2,1-3H3. The summed E-state index contributed by atoms with van der Waals surface area (Å²) in [4.78, 5) is 26.3. The molecule has 0 aliphatic carbocycles. The molecule has 5 nitrogen and oxygen atoms in total. The summed E-state index contributed by atoms with van der Waals surface area (Å²) < 4.78 is 5.74. The molecule has 29 heavy (non-hydrogen) atoms. The summed E-state index contributed by atoms with van der Waals surface area (Å²) in [6, 6.07) is 12.5. The average molecular weight is 416 g/mol. The lowest BCUT2D eigenvalue weighted by Gasteiger charge is -2.22. The molecular formula is C23H26ClNO4. The van der Waals surface area contributed by atoms with E-state index in [1.165, 1.54) is 11.8 Å². The molecule has 1 aliphatic rings. The van der Waals surface area contributed by atoms with Crippen LogP contribution in [0.25, 0.3) is 0 Å². The molecule has 0 fully saturated rings. The molecule has 0 saturated carbocycles. The van der Waals surface area contributed by atoms with Crippen molar-refractivity contribution in [1.82, 2.24) is 0 Å². The van der Waals surface area contributed by atoms with Crippen LogP contribution in [0.5, 0.6) is 5.75 Å². The Labute approximate surface area is 176 Å². The Morgan fingerprint density at radius 3 is 2.52 bits per heavy atom. The number of rotatable bonds is 8. The largest absolute Gasteiger partial charge is 0.494 e. The first-order valence-electron chi connectivity index (χ1n) is 9.76. The van der Waals surface area contributed by atoms with Crippen LogP contribution >= 0.6 is 11.6 Å². The van der Waals surface area contributed by atoms with Gasteiger partial charge >= 0.3 is 0 Å². The zero-order valence-electron chi connectivity index (χ0n) is 16.9. The van der Waals surface area contributed by atoms with Crippen molar-refractivity contribution in [2.45, 2.75) is 45.8 Å². The molecule has 1 amide bonds. The van der Waals surface area contributed by atoms with Gasteiger partial charge in [0, 0.05) is 17.0 Å². The van der Waals surface area contributed by atoms with E-state index in [0.717, 1.165) is 17.7 Å².